The van der Waals surface area contributed by atoms with E-state index in [1.807, 2.05) is 20.0 Å². The van der Waals surface area contributed by atoms with Crippen LogP contribution in [0.3, 0.4) is 0 Å². The third-order valence-electron chi connectivity index (χ3n) is 3.70. The van der Waals surface area contributed by atoms with Crippen LogP contribution in [-0.2, 0) is 7.05 Å². The number of anilines is 1. The minimum atomic E-state index is -0.304. The highest BCUT2D eigenvalue weighted by Crippen LogP contribution is 2.15. The minimum absolute atomic E-state index is 0.304. The topological polar surface area (TPSA) is 103 Å². The van der Waals surface area contributed by atoms with E-state index in [2.05, 4.69) is 30.6 Å². The molecule has 25 heavy (non-hydrogen) atoms. The Labute approximate surface area is 142 Å². The Balaban J connectivity index is 1.62. The number of hydrogen-bond donors (Lipinski definition) is 1. The summed E-state index contributed by atoms with van der Waals surface area (Å²) in [5, 5.41) is 15.1. The number of fused-ring (bicyclic) bond motifs is 1. The van der Waals surface area contributed by atoms with Crippen LogP contribution in [0.25, 0.3) is 17.0 Å². The van der Waals surface area contributed by atoms with Gasteiger partial charge in [-0.1, -0.05) is 0 Å². The zero-order valence-corrected chi connectivity index (χ0v) is 13.6. The van der Waals surface area contributed by atoms with Gasteiger partial charge in [0.05, 0.1) is 23.8 Å². The third-order valence-corrected chi connectivity index (χ3v) is 3.70. The van der Waals surface area contributed by atoms with Gasteiger partial charge < -0.3 is 9.88 Å². The summed E-state index contributed by atoms with van der Waals surface area (Å²) < 4.78 is 3.30. The first-order valence-corrected chi connectivity index (χ1v) is 7.55. The molecule has 0 aliphatic rings. The average molecular weight is 334 g/mol. The molecule has 9 heteroatoms. The zero-order valence-electron chi connectivity index (χ0n) is 13.6. The number of pyridine rings is 1. The Morgan fingerprint density at radius 3 is 2.84 bits per heavy atom. The zero-order chi connectivity index (χ0) is 17.4. The average Bonchev–Trinajstić information content (AvgIpc) is 3.22. The molecule has 0 aromatic carbocycles. The molecule has 1 N–H and O–H groups in total. The molecule has 0 radical (unpaired) electrons. The molecule has 0 saturated carbocycles. The second kappa shape index (κ2) is 5.78. The number of amides is 1. The highest BCUT2D eigenvalue weighted by Gasteiger charge is 2.13. The van der Waals surface area contributed by atoms with Crippen LogP contribution < -0.4 is 5.32 Å². The van der Waals surface area contributed by atoms with Gasteiger partial charge in [-0.2, -0.15) is 14.9 Å². The van der Waals surface area contributed by atoms with Crippen LogP contribution in [-0.4, -0.2) is 40.4 Å². The molecular formula is C16H14N8O. The number of hydrogen-bond acceptors (Lipinski definition) is 6. The molecule has 0 unspecified atom stereocenters. The van der Waals surface area contributed by atoms with Crippen LogP contribution in [0.4, 0.5) is 5.82 Å². The number of nitrogens with zero attached hydrogens (tertiary/aromatic N) is 7. The van der Waals surface area contributed by atoms with E-state index in [1.54, 1.807) is 35.3 Å². The van der Waals surface area contributed by atoms with E-state index in [4.69, 9.17) is 0 Å². The fourth-order valence-electron chi connectivity index (χ4n) is 2.41. The van der Waals surface area contributed by atoms with Crippen molar-refractivity contribution in [3.8, 4) is 5.82 Å². The summed E-state index contributed by atoms with van der Waals surface area (Å²) in [5.74, 6) is 0.704. The van der Waals surface area contributed by atoms with E-state index < -0.39 is 0 Å². The summed E-state index contributed by atoms with van der Waals surface area (Å²) in [7, 11) is 1.85. The van der Waals surface area contributed by atoms with Crippen molar-refractivity contribution in [1.82, 2.24) is 34.5 Å². The molecular weight excluding hydrogens is 320 g/mol. The van der Waals surface area contributed by atoms with Crippen LogP contribution in [0.5, 0.6) is 0 Å². The van der Waals surface area contributed by atoms with Gasteiger partial charge in [-0.15, -0.1) is 5.10 Å². The first kappa shape index (κ1) is 14.9. The van der Waals surface area contributed by atoms with Crippen molar-refractivity contribution < 1.29 is 4.79 Å². The SMILES string of the molecule is Cc1ccc(-n2nccc2NC(=O)c2cnc3c(c2)ncn3C)nn1. The molecule has 9 nitrogen and oxygen atoms in total. The van der Waals surface area contributed by atoms with Crippen LogP contribution in [0.2, 0.25) is 0 Å². The van der Waals surface area contributed by atoms with Gasteiger partial charge in [-0.05, 0) is 25.1 Å². The fourth-order valence-corrected chi connectivity index (χ4v) is 2.41. The molecule has 4 aromatic heterocycles. The van der Waals surface area contributed by atoms with Gasteiger partial charge in [0.2, 0.25) is 0 Å². The maximum absolute atomic E-state index is 12.5. The molecule has 4 rings (SSSR count). The Hall–Kier alpha value is -3.62. The van der Waals surface area contributed by atoms with Gasteiger partial charge >= 0.3 is 0 Å². The fraction of sp³-hybridized carbons (Fsp3) is 0.125. The van der Waals surface area contributed by atoms with Gasteiger partial charge in [0.15, 0.2) is 11.5 Å². The molecule has 4 aromatic rings. The summed E-state index contributed by atoms with van der Waals surface area (Å²) >= 11 is 0. The molecule has 0 saturated heterocycles. The molecule has 4 heterocycles. The van der Waals surface area contributed by atoms with Crippen molar-refractivity contribution in [3.63, 3.8) is 0 Å². The van der Waals surface area contributed by atoms with Gasteiger partial charge in [0, 0.05) is 19.3 Å². The van der Waals surface area contributed by atoms with E-state index >= 15 is 0 Å². The number of carbonyl (C=O) groups excluding carboxylic acids is 1. The quantitative estimate of drug-likeness (QED) is 0.609. The Kier molecular flexibility index (Phi) is 3.46. The summed E-state index contributed by atoms with van der Waals surface area (Å²) in [5.41, 5.74) is 2.59. The summed E-state index contributed by atoms with van der Waals surface area (Å²) in [6, 6.07) is 7.00. The maximum Gasteiger partial charge on any atom is 0.258 e. The first-order chi connectivity index (χ1) is 12.1. The van der Waals surface area contributed by atoms with Crippen LogP contribution in [0, 0.1) is 6.92 Å². The second-order valence-electron chi connectivity index (χ2n) is 5.54. The lowest BCUT2D eigenvalue weighted by molar-refractivity contribution is 0.102. The van der Waals surface area contributed by atoms with E-state index in [9.17, 15) is 4.79 Å². The van der Waals surface area contributed by atoms with Crippen molar-refractivity contribution in [2.45, 2.75) is 6.92 Å². The van der Waals surface area contributed by atoms with Gasteiger partial charge in [-0.25, -0.2) is 9.97 Å². The molecule has 124 valence electrons. The predicted octanol–water partition coefficient (Wildman–Crippen LogP) is 1.50. The summed E-state index contributed by atoms with van der Waals surface area (Å²) in [6.45, 7) is 1.85. The third kappa shape index (κ3) is 2.71. The van der Waals surface area contributed by atoms with Crippen molar-refractivity contribution in [1.29, 1.82) is 0 Å². The normalized spacial score (nSPS) is 11.0. The number of imidazole rings is 1. The highest BCUT2D eigenvalue weighted by molar-refractivity contribution is 6.05. The van der Waals surface area contributed by atoms with Crippen molar-refractivity contribution in [2.24, 2.45) is 7.05 Å². The summed E-state index contributed by atoms with van der Waals surface area (Å²) in [6.07, 6.45) is 4.76. The molecule has 0 aliphatic heterocycles. The van der Waals surface area contributed by atoms with Crippen molar-refractivity contribution >= 4 is 22.9 Å². The van der Waals surface area contributed by atoms with Crippen LogP contribution >= 0.6 is 0 Å². The standard InChI is InChI=1S/C16H14N8O/c1-10-3-4-14(22-21-10)24-13(5-6-19-24)20-16(25)11-7-12-15(17-8-11)23(2)9-18-12/h3-9H,1-2H3,(H,20,25). The van der Waals surface area contributed by atoms with Crippen LogP contribution in [0.1, 0.15) is 16.1 Å². The molecule has 0 aliphatic carbocycles. The van der Waals surface area contributed by atoms with Gasteiger partial charge in [0.25, 0.3) is 5.91 Å². The van der Waals surface area contributed by atoms with E-state index in [-0.39, 0.29) is 5.91 Å². The predicted molar refractivity (Wildman–Crippen MR) is 90.4 cm³/mol. The minimum Gasteiger partial charge on any atom is -0.318 e. The lowest BCUT2D eigenvalue weighted by atomic mass is 10.2. The molecule has 0 fully saturated rings. The lowest BCUT2D eigenvalue weighted by Gasteiger charge is -2.08. The van der Waals surface area contributed by atoms with Crippen molar-refractivity contribution in [2.75, 3.05) is 5.32 Å². The van der Waals surface area contributed by atoms with Crippen molar-refractivity contribution in [3.05, 3.63) is 54.2 Å². The Morgan fingerprint density at radius 1 is 1.16 bits per heavy atom. The molecule has 1 amide bonds. The maximum atomic E-state index is 12.5. The van der Waals surface area contributed by atoms with Crippen LogP contribution in [0.15, 0.2) is 43.0 Å². The molecule has 0 atom stereocenters. The van der Waals surface area contributed by atoms with E-state index in [0.717, 1.165) is 11.3 Å². The smallest absolute Gasteiger partial charge is 0.258 e. The highest BCUT2D eigenvalue weighted by atomic mass is 16.1. The van der Waals surface area contributed by atoms with Gasteiger partial charge in [-0.3, -0.25) is 4.79 Å². The largest absolute Gasteiger partial charge is 0.318 e. The molecule has 0 bridgehead atoms. The number of rotatable bonds is 3. The first-order valence-electron chi connectivity index (χ1n) is 7.55. The number of aryl methyl sites for hydroxylation is 2. The number of carbonyl (C=O) groups is 1. The Morgan fingerprint density at radius 2 is 2.04 bits per heavy atom. The second-order valence-corrected chi connectivity index (χ2v) is 5.54. The lowest BCUT2D eigenvalue weighted by Crippen LogP contribution is -2.16. The monoisotopic (exact) mass is 334 g/mol. The number of aromatic nitrogens is 7. The Bertz CT molecular complexity index is 1060. The number of nitrogens with one attached hydrogen (secondary N) is 1. The molecule has 0 spiro atoms. The van der Waals surface area contributed by atoms with E-state index in [1.165, 1.54) is 10.9 Å². The van der Waals surface area contributed by atoms with Gasteiger partial charge in [0.1, 0.15) is 11.3 Å². The summed E-state index contributed by atoms with van der Waals surface area (Å²) in [4.78, 5) is 21.0. The van der Waals surface area contributed by atoms with E-state index in [0.29, 0.717) is 22.7 Å².